The van der Waals surface area contributed by atoms with Gasteiger partial charge in [-0.1, -0.05) is 12.2 Å². The smallest absolute Gasteiger partial charge is 0.282 e. The number of hydrogen-bond acceptors (Lipinski definition) is 5. The van der Waals surface area contributed by atoms with Crippen LogP contribution < -0.4 is 4.89 Å². The van der Waals surface area contributed by atoms with Gasteiger partial charge in [0, 0.05) is 5.87 Å². The van der Waals surface area contributed by atoms with Gasteiger partial charge in [-0.25, -0.2) is 9.05 Å². The topological polar surface area (TPSA) is 65.4 Å². The first-order chi connectivity index (χ1) is 6.51. The molecule has 0 bridgehead atoms. The van der Waals surface area contributed by atoms with Gasteiger partial charge >= 0.3 is 0 Å². The lowest BCUT2D eigenvalue weighted by Crippen LogP contribution is -2.20. The summed E-state index contributed by atoms with van der Waals surface area (Å²) in [5.41, 5.74) is 0. The zero-order valence-electron chi connectivity index (χ0n) is 7.94. The highest BCUT2D eigenvalue weighted by Crippen LogP contribution is 2.59. The van der Waals surface area contributed by atoms with Gasteiger partial charge in [0.2, 0.25) is 5.31 Å². The van der Waals surface area contributed by atoms with E-state index in [0.717, 1.165) is 0 Å². The van der Waals surface area contributed by atoms with E-state index in [1.54, 1.807) is 13.8 Å². The van der Waals surface area contributed by atoms with E-state index in [9.17, 15) is 4.89 Å². The Labute approximate surface area is 94.8 Å². The number of hydrogen-bond donors (Lipinski definition) is 2. The first-order valence-corrected chi connectivity index (χ1v) is 6.34. The van der Waals surface area contributed by atoms with Crippen molar-refractivity contribution in [3.05, 3.63) is 5.31 Å². The van der Waals surface area contributed by atoms with Crippen LogP contribution >= 0.6 is 32.8 Å². The molecule has 14 heavy (non-hydrogen) atoms. The second-order valence-electron chi connectivity index (χ2n) is 2.11. The summed E-state index contributed by atoms with van der Waals surface area (Å²) in [4.78, 5) is 12.0. The van der Waals surface area contributed by atoms with Crippen molar-refractivity contribution in [3.63, 3.8) is 0 Å². The number of nitrogens with one attached hydrogen (secondary N) is 1. The van der Waals surface area contributed by atoms with Crippen molar-refractivity contribution in [2.45, 2.75) is 13.8 Å². The molecule has 7 heteroatoms. The Morgan fingerprint density at radius 2 is 1.93 bits per heavy atom. The molecule has 0 spiro atoms. The number of thiocarbonyl (C=S) groups is 1. The largest absolute Gasteiger partial charge is 0.627 e. The van der Waals surface area contributed by atoms with Crippen LogP contribution in [0.25, 0.3) is 0 Å². The lowest BCUT2D eigenvalue weighted by molar-refractivity contribution is -0.214. The summed E-state index contributed by atoms with van der Waals surface area (Å²) < 4.78 is 9.93. The fourth-order valence-electron chi connectivity index (χ4n) is 0.745. The van der Waals surface area contributed by atoms with E-state index in [1.807, 2.05) is 5.87 Å². The first-order valence-electron chi connectivity index (χ1n) is 3.94. The van der Waals surface area contributed by atoms with Gasteiger partial charge in [0.1, 0.15) is 4.20 Å². The highest BCUT2D eigenvalue weighted by Gasteiger charge is 2.38. The Morgan fingerprint density at radius 1 is 1.50 bits per heavy atom. The van der Waals surface area contributed by atoms with Crippen molar-refractivity contribution in [2.75, 3.05) is 13.2 Å². The van der Waals surface area contributed by atoms with Gasteiger partial charge in [-0.05, 0) is 13.8 Å². The quantitative estimate of drug-likeness (QED) is 0.248. The van der Waals surface area contributed by atoms with Crippen LogP contribution in [-0.4, -0.2) is 23.3 Å². The average molecular weight is 253 g/mol. The van der Waals surface area contributed by atoms with E-state index >= 15 is 0 Å². The van der Waals surface area contributed by atoms with Gasteiger partial charge in [-0.15, -0.1) is 12.6 Å². The Balaban J connectivity index is 4.96. The van der Waals surface area contributed by atoms with Crippen LogP contribution in [0.4, 0.5) is 0 Å². The lowest BCUT2D eigenvalue weighted by Gasteiger charge is -2.25. The third-order valence-electron chi connectivity index (χ3n) is 1.19. The average Bonchev–Trinajstić information content (AvgIpc) is 2.04. The second-order valence-corrected chi connectivity index (χ2v) is 5.23. The van der Waals surface area contributed by atoms with E-state index in [4.69, 9.17) is 26.7 Å². The fourth-order valence-corrected chi connectivity index (χ4v) is 2.94. The van der Waals surface area contributed by atoms with E-state index in [2.05, 4.69) is 12.6 Å². The zero-order valence-corrected chi connectivity index (χ0v) is 10.5. The van der Waals surface area contributed by atoms with E-state index in [1.165, 1.54) is 0 Å². The van der Waals surface area contributed by atoms with Crippen molar-refractivity contribution in [2.24, 2.45) is 0 Å². The number of thiol groups is 1. The molecule has 0 aromatic heterocycles. The van der Waals surface area contributed by atoms with E-state index < -0.39 is 7.94 Å². The van der Waals surface area contributed by atoms with Crippen molar-refractivity contribution < 1.29 is 13.9 Å². The summed E-state index contributed by atoms with van der Waals surface area (Å²) in [6.07, 6.45) is 0. The van der Waals surface area contributed by atoms with E-state index in [0.29, 0.717) is 0 Å². The predicted octanol–water partition coefficient (Wildman–Crippen LogP) is 1.57. The van der Waals surface area contributed by atoms with Crippen molar-refractivity contribution in [3.8, 4) is 0 Å². The van der Waals surface area contributed by atoms with Gasteiger partial charge in [-0.3, -0.25) is 5.41 Å². The minimum absolute atomic E-state index is 0.00485. The summed E-state index contributed by atoms with van der Waals surface area (Å²) in [6, 6.07) is 0. The van der Waals surface area contributed by atoms with Gasteiger partial charge in [0.05, 0.1) is 13.2 Å². The molecule has 0 saturated heterocycles. The molecule has 0 radical (unpaired) electrons. The molecule has 4 nitrogen and oxygen atoms in total. The molecule has 1 N–H and O–H groups in total. The van der Waals surface area contributed by atoms with Crippen molar-refractivity contribution >= 4 is 42.9 Å². The third kappa shape index (κ3) is 3.75. The summed E-state index contributed by atoms with van der Waals surface area (Å²) in [7, 11) is -3.49. The molecule has 0 rings (SSSR count). The number of rotatable bonds is 6. The Hall–Kier alpha value is 0.200. The molecule has 0 heterocycles. The standard InChI is InChI=1S/C7H12NO3PS2/c1-3-10-12(9,11-4-2)6(5-8)7(13)14/h8H,3-4H2,1-2H3,(H,13,14). The van der Waals surface area contributed by atoms with Gasteiger partial charge in [-0.2, -0.15) is 0 Å². The molecule has 0 unspecified atom stereocenters. The molecular formula is C7H12NO3PS2. The fraction of sp³-hybridized carbons (Fsp3) is 0.571. The van der Waals surface area contributed by atoms with Gasteiger partial charge < -0.3 is 4.89 Å². The van der Waals surface area contributed by atoms with Crippen LogP contribution in [0.5, 0.6) is 0 Å². The monoisotopic (exact) mass is 253 g/mol. The zero-order chi connectivity index (χ0) is 11.2. The summed E-state index contributed by atoms with van der Waals surface area (Å²) in [5.74, 6) is 1.95. The maximum Gasteiger partial charge on any atom is 0.282 e. The molecule has 0 amide bonds. The second kappa shape index (κ2) is 6.64. The third-order valence-corrected chi connectivity index (χ3v) is 4.03. The highest BCUT2D eigenvalue weighted by atomic mass is 32.1. The van der Waals surface area contributed by atoms with Crippen LogP contribution in [0.15, 0.2) is 5.31 Å². The first kappa shape index (κ1) is 14.2. The maximum atomic E-state index is 12.0. The summed E-state index contributed by atoms with van der Waals surface area (Å²) in [6.45, 7) is 3.77. The molecule has 0 aliphatic rings. The van der Waals surface area contributed by atoms with Crippen LogP contribution in [-0.2, 0) is 9.05 Å². The van der Waals surface area contributed by atoms with Crippen LogP contribution in [0.1, 0.15) is 13.8 Å². The van der Waals surface area contributed by atoms with Crippen molar-refractivity contribution in [1.29, 1.82) is 5.41 Å². The SMILES string of the molecule is CCO[P+]([O-])(OCC)C(=C=N)C(=S)S. The molecule has 0 saturated carbocycles. The van der Waals surface area contributed by atoms with Crippen molar-refractivity contribution in [1.82, 2.24) is 0 Å². The summed E-state index contributed by atoms with van der Waals surface area (Å²) in [5, 5.41) is 6.85. The molecule has 0 atom stereocenters. The van der Waals surface area contributed by atoms with Crippen LogP contribution in [0, 0.1) is 5.41 Å². The highest BCUT2D eigenvalue weighted by molar-refractivity contribution is 8.13. The normalized spacial score (nSPS) is 10.9. The Bertz CT molecular complexity index is 260. The Morgan fingerprint density at radius 3 is 2.14 bits per heavy atom. The Kier molecular flexibility index (Phi) is 6.74. The molecular weight excluding hydrogens is 241 g/mol. The van der Waals surface area contributed by atoms with Crippen LogP contribution in [0.3, 0.4) is 0 Å². The molecule has 0 aliphatic heterocycles. The minimum Gasteiger partial charge on any atom is -0.627 e. The summed E-state index contributed by atoms with van der Waals surface area (Å²) >= 11 is 8.54. The minimum atomic E-state index is -3.49. The molecule has 0 aliphatic carbocycles. The molecule has 0 aromatic carbocycles. The van der Waals surface area contributed by atoms with Gasteiger partial charge in [0.25, 0.3) is 7.94 Å². The molecule has 80 valence electrons. The lowest BCUT2D eigenvalue weighted by atomic mass is 10.7. The maximum absolute atomic E-state index is 12.0. The van der Waals surface area contributed by atoms with E-state index in [-0.39, 0.29) is 22.7 Å². The predicted molar refractivity (Wildman–Crippen MR) is 63.0 cm³/mol. The molecule has 0 aromatic rings. The molecule has 0 fully saturated rings. The van der Waals surface area contributed by atoms with Crippen LogP contribution in [0.2, 0.25) is 0 Å². The van der Waals surface area contributed by atoms with Gasteiger partial charge in [0.15, 0.2) is 0 Å².